The summed E-state index contributed by atoms with van der Waals surface area (Å²) in [5.74, 6) is 1.86. The van der Waals surface area contributed by atoms with Crippen LogP contribution in [0.2, 0.25) is 0 Å². The van der Waals surface area contributed by atoms with Crippen molar-refractivity contribution in [2.45, 2.75) is 43.0 Å². The van der Waals surface area contributed by atoms with Crippen LogP contribution in [0, 0.1) is 0 Å². The van der Waals surface area contributed by atoms with Gasteiger partial charge in [0.05, 0.1) is 6.54 Å². The highest BCUT2D eigenvalue weighted by Crippen LogP contribution is 2.21. The van der Waals surface area contributed by atoms with Crippen molar-refractivity contribution in [3.63, 3.8) is 0 Å². The molecule has 7 heteroatoms. The molecule has 1 unspecified atom stereocenters. The van der Waals surface area contributed by atoms with Crippen LogP contribution < -0.4 is 10.6 Å². The molecule has 1 aromatic heterocycles. The third-order valence-corrected chi connectivity index (χ3v) is 4.84. The normalized spacial score (nSPS) is 14.3. The first-order chi connectivity index (χ1) is 11.2. The molecule has 3 rings (SSSR count). The summed E-state index contributed by atoms with van der Waals surface area (Å²) in [6.45, 7) is 4.08. The van der Waals surface area contributed by atoms with E-state index in [1.54, 1.807) is 11.8 Å². The van der Waals surface area contributed by atoms with Gasteiger partial charge in [0, 0.05) is 29.7 Å². The second kappa shape index (κ2) is 7.50. The zero-order chi connectivity index (χ0) is 16.1. The van der Waals surface area contributed by atoms with Crippen molar-refractivity contribution in [2.24, 2.45) is 0 Å². The molecule has 122 valence electrons. The maximum Gasteiger partial charge on any atom is 0.315 e. The quantitative estimate of drug-likeness (QED) is 0.796. The molecule has 0 spiro atoms. The molecule has 1 aromatic carbocycles. The van der Waals surface area contributed by atoms with E-state index in [1.807, 2.05) is 18.2 Å². The first kappa shape index (κ1) is 15.9. The van der Waals surface area contributed by atoms with Crippen LogP contribution in [0.3, 0.4) is 0 Å². The molecule has 2 aromatic rings. The molecule has 0 aliphatic carbocycles. The number of carbonyl (C=O) groups is 1. The number of hydrogen-bond donors (Lipinski definition) is 2. The van der Waals surface area contributed by atoms with Gasteiger partial charge in [0.1, 0.15) is 5.82 Å². The van der Waals surface area contributed by atoms with Crippen molar-refractivity contribution in [2.75, 3.05) is 6.54 Å². The van der Waals surface area contributed by atoms with Gasteiger partial charge in [-0.15, -0.1) is 22.0 Å². The van der Waals surface area contributed by atoms with Gasteiger partial charge in [-0.1, -0.05) is 25.1 Å². The Hall–Kier alpha value is -2.02. The zero-order valence-corrected chi connectivity index (χ0v) is 14.0. The summed E-state index contributed by atoms with van der Waals surface area (Å²) < 4.78 is 2.09. The maximum atomic E-state index is 11.9. The van der Waals surface area contributed by atoms with E-state index in [2.05, 4.69) is 44.5 Å². The molecule has 2 amide bonds. The van der Waals surface area contributed by atoms with E-state index in [0.29, 0.717) is 18.3 Å². The molecule has 1 aliphatic rings. The molecule has 0 saturated carbocycles. The van der Waals surface area contributed by atoms with Crippen LogP contribution in [0.4, 0.5) is 4.79 Å². The summed E-state index contributed by atoms with van der Waals surface area (Å²) in [7, 11) is 0. The number of fused-ring (bicyclic) bond motifs is 1. The molecule has 0 radical (unpaired) electrons. The van der Waals surface area contributed by atoms with E-state index in [1.165, 1.54) is 4.90 Å². The number of benzene rings is 1. The standard InChI is InChI=1S/C16H21N5OS/c1-12(23-13-6-3-2-4-7-13)10-17-16(22)18-11-15-20-19-14-8-5-9-21(14)15/h2-4,6-7,12H,5,8-11H2,1H3,(H2,17,18,22). The number of nitrogens with one attached hydrogen (secondary N) is 2. The van der Waals surface area contributed by atoms with Gasteiger partial charge in [-0.25, -0.2) is 4.79 Å². The average Bonchev–Trinajstić information content (AvgIpc) is 3.16. The minimum atomic E-state index is -0.166. The Labute approximate surface area is 140 Å². The highest BCUT2D eigenvalue weighted by Gasteiger charge is 2.17. The fourth-order valence-corrected chi connectivity index (χ4v) is 3.52. The molecular formula is C16H21N5OS. The summed E-state index contributed by atoms with van der Waals surface area (Å²) in [6, 6.07) is 10.0. The first-order valence-electron chi connectivity index (χ1n) is 7.87. The highest BCUT2D eigenvalue weighted by molar-refractivity contribution is 8.00. The Bertz CT molecular complexity index is 658. The van der Waals surface area contributed by atoms with Crippen LogP contribution in [-0.2, 0) is 19.5 Å². The smallest absolute Gasteiger partial charge is 0.315 e. The fourth-order valence-electron chi connectivity index (χ4n) is 2.57. The topological polar surface area (TPSA) is 71.8 Å². The van der Waals surface area contributed by atoms with Crippen LogP contribution in [0.5, 0.6) is 0 Å². The van der Waals surface area contributed by atoms with Crippen LogP contribution in [0.25, 0.3) is 0 Å². The van der Waals surface area contributed by atoms with E-state index in [9.17, 15) is 4.79 Å². The number of hydrogen-bond acceptors (Lipinski definition) is 4. The number of rotatable bonds is 6. The lowest BCUT2D eigenvalue weighted by Crippen LogP contribution is -2.38. The Morgan fingerprint density at radius 3 is 2.96 bits per heavy atom. The Balaban J connectivity index is 1.39. The van der Waals surface area contributed by atoms with E-state index in [4.69, 9.17) is 0 Å². The Morgan fingerprint density at radius 1 is 1.30 bits per heavy atom. The van der Waals surface area contributed by atoms with Crippen molar-refractivity contribution in [3.05, 3.63) is 42.0 Å². The molecule has 1 atom stereocenters. The maximum absolute atomic E-state index is 11.9. The van der Waals surface area contributed by atoms with Crippen molar-refractivity contribution in [1.82, 2.24) is 25.4 Å². The first-order valence-corrected chi connectivity index (χ1v) is 8.74. The van der Waals surface area contributed by atoms with E-state index < -0.39 is 0 Å². The van der Waals surface area contributed by atoms with Crippen LogP contribution in [0.15, 0.2) is 35.2 Å². The second-order valence-corrected chi connectivity index (χ2v) is 7.10. The van der Waals surface area contributed by atoms with Gasteiger partial charge >= 0.3 is 6.03 Å². The lowest BCUT2D eigenvalue weighted by atomic mass is 10.4. The highest BCUT2D eigenvalue weighted by atomic mass is 32.2. The molecule has 2 N–H and O–H groups in total. The SMILES string of the molecule is CC(CNC(=O)NCc1nnc2n1CCC2)Sc1ccccc1. The van der Waals surface area contributed by atoms with Gasteiger partial charge in [-0.2, -0.15) is 0 Å². The molecule has 2 heterocycles. The number of amides is 2. The van der Waals surface area contributed by atoms with Gasteiger partial charge in [0.2, 0.25) is 0 Å². The van der Waals surface area contributed by atoms with Gasteiger partial charge in [0.25, 0.3) is 0 Å². The largest absolute Gasteiger partial charge is 0.337 e. The summed E-state index contributed by atoms with van der Waals surface area (Å²) in [6.07, 6.45) is 2.09. The lowest BCUT2D eigenvalue weighted by Gasteiger charge is -2.13. The monoisotopic (exact) mass is 331 g/mol. The zero-order valence-electron chi connectivity index (χ0n) is 13.2. The van der Waals surface area contributed by atoms with Gasteiger partial charge in [-0.3, -0.25) is 0 Å². The third-order valence-electron chi connectivity index (χ3n) is 3.72. The van der Waals surface area contributed by atoms with E-state index in [0.717, 1.165) is 31.0 Å². The van der Waals surface area contributed by atoms with Gasteiger partial charge in [-0.05, 0) is 18.6 Å². The lowest BCUT2D eigenvalue weighted by molar-refractivity contribution is 0.240. The number of carbonyl (C=O) groups excluding carboxylic acids is 1. The minimum absolute atomic E-state index is 0.166. The Morgan fingerprint density at radius 2 is 2.13 bits per heavy atom. The molecule has 0 bridgehead atoms. The Kier molecular flexibility index (Phi) is 5.17. The summed E-state index contributed by atoms with van der Waals surface area (Å²) in [5, 5.41) is 14.3. The van der Waals surface area contributed by atoms with Crippen LogP contribution in [0.1, 0.15) is 25.0 Å². The van der Waals surface area contributed by atoms with Crippen LogP contribution in [-0.4, -0.2) is 32.6 Å². The third kappa shape index (κ3) is 4.25. The number of aryl methyl sites for hydroxylation is 1. The predicted octanol–water partition coefficient (Wildman–Crippen LogP) is 2.20. The van der Waals surface area contributed by atoms with E-state index >= 15 is 0 Å². The molecular weight excluding hydrogens is 310 g/mol. The number of urea groups is 1. The van der Waals surface area contributed by atoms with Crippen molar-refractivity contribution in [1.29, 1.82) is 0 Å². The van der Waals surface area contributed by atoms with Gasteiger partial charge in [0.15, 0.2) is 5.82 Å². The molecule has 23 heavy (non-hydrogen) atoms. The number of aromatic nitrogens is 3. The summed E-state index contributed by atoms with van der Waals surface area (Å²) >= 11 is 1.75. The van der Waals surface area contributed by atoms with Crippen molar-refractivity contribution >= 4 is 17.8 Å². The number of nitrogens with zero attached hydrogens (tertiary/aromatic N) is 3. The second-order valence-electron chi connectivity index (χ2n) is 5.59. The van der Waals surface area contributed by atoms with E-state index in [-0.39, 0.29) is 6.03 Å². The number of thioether (sulfide) groups is 1. The molecule has 0 fully saturated rings. The fraction of sp³-hybridized carbons (Fsp3) is 0.438. The average molecular weight is 331 g/mol. The summed E-state index contributed by atoms with van der Waals surface area (Å²) in [4.78, 5) is 13.1. The van der Waals surface area contributed by atoms with Gasteiger partial charge < -0.3 is 15.2 Å². The van der Waals surface area contributed by atoms with Crippen LogP contribution >= 0.6 is 11.8 Å². The van der Waals surface area contributed by atoms with Crippen molar-refractivity contribution < 1.29 is 4.79 Å². The molecule has 1 aliphatic heterocycles. The summed E-state index contributed by atoms with van der Waals surface area (Å²) in [5.41, 5.74) is 0. The minimum Gasteiger partial charge on any atom is -0.337 e. The van der Waals surface area contributed by atoms with Crippen molar-refractivity contribution in [3.8, 4) is 0 Å². The predicted molar refractivity (Wildman–Crippen MR) is 90.3 cm³/mol. The molecule has 0 saturated heterocycles. The molecule has 6 nitrogen and oxygen atoms in total.